The van der Waals surface area contributed by atoms with E-state index < -0.39 is 27.1 Å². The quantitative estimate of drug-likeness (QED) is 0.529. The SMILES string of the molecule is Cc1c(C(=O)Nc2ccccc2N2CCC(C(N)=O)CC2)cc([N+](=O)[O-])cc1[N+](=O)[O-]. The monoisotopic (exact) mass is 427 g/mol. The lowest BCUT2D eigenvalue weighted by atomic mass is 9.96. The molecule has 0 radical (unpaired) electrons. The third kappa shape index (κ3) is 4.60. The van der Waals surface area contributed by atoms with E-state index in [-0.39, 0.29) is 23.0 Å². The summed E-state index contributed by atoms with van der Waals surface area (Å²) >= 11 is 0. The van der Waals surface area contributed by atoms with Gasteiger partial charge in [-0.1, -0.05) is 12.1 Å². The van der Waals surface area contributed by atoms with Gasteiger partial charge in [0.1, 0.15) is 0 Å². The van der Waals surface area contributed by atoms with Crippen LogP contribution in [-0.2, 0) is 4.79 Å². The lowest BCUT2D eigenvalue weighted by Gasteiger charge is -2.33. The van der Waals surface area contributed by atoms with Crippen LogP contribution in [0.25, 0.3) is 0 Å². The lowest BCUT2D eigenvalue weighted by molar-refractivity contribution is -0.394. The maximum Gasteiger partial charge on any atom is 0.279 e. The second kappa shape index (κ2) is 8.78. The summed E-state index contributed by atoms with van der Waals surface area (Å²) in [6.45, 7) is 2.51. The van der Waals surface area contributed by atoms with Gasteiger partial charge in [0.15, 0.2) is 0 Å². The zero-order chi connectivity index (χ0) is 22.7. The van der Waals surface area contributed by atoms with Gasteiger partial charge in [-0.2, -0.15) is 0 Å². The molecule has 1 heterocycles. The maximum absolute atomic E-state index is 12.9. The van der Waals surface area contributed by atoms with E-state index in [0.29, 0.717) is 31.6 Å². The van der Waals surface area contributed by atoms with Gasteiger partial charge in [0.05, 0.1) is 32.9 Å². The third-order valence-electron chi connectivity index (χ3n) is 5.41. The number of nitrogens with one attached hydrogen (secondary N) is 1. The minimum absolute atomic E-state index is 0.0350. The summed E-state index contributed by atoms with van der Waals surface area (Å²) in [6, 6.07) is 8.87. The molecule has 162 valence electrons. The Balaban J connectivity index is 1.89. The van der Waals surface area contributed by atoms with E-state index in [1.807, 2.05) is 11.0 Å². The Bertz CT molecular complexity index is 1060. The maximum atomic E-state index is 12.9. The molecule has 1 saturated heterocycles. The van der Waals surface area contributed by atoms with Crippen molar-refractivity contribution in [3.05, 3.63) is 67.8 Å². The van der Waals surface area contributed by atoms with Crippen LogP contribution in [0.1, 0.15) is 28.8 Å². The molecule has 1 aliphatic rings. The first-order valence-corrected chi connectivity index (χ1v) is 9.57. The topological polar surface area (TPSA) is 162 Å². The summed E-state index contributed by atoms with van der Waals surface area (Å²) in [5.74, 6) is -1.21. The standard InChI is InChI=1S/C20H21N5O6/c1-12-15(10-14(24(28)29)11-18(12)25(30)31)20(27)22-16-4-2-3-5-17(16)23-8-6-13(7-9-23)19(21)26/h2-5,10-11,13H,6-9H2,1H3,(H2,21,26)(H,22,27). The van der Waals surface area contributed by atoms with Crippen LogP contribution >= 0.6 is 0 Å². The molecule has 0 unspecified atom stereocenters. The number of nitrogens with two attached hydrogens (primary N) is 1. The van der Waals surface area contributed by atoms with Crippen molar-refractivity contribution < 1.29 is 19.4 Å². The van der Waals surface area contributed by atoms with Gasteiger partial charge in [-0.3, -0.25) is 29.8 Å². The lowest BCUT2D eigenvalue weighted by Crippen LogP contribution is -2.38. The molecule has 11 nitrogen and oxygen atoms in total. The fourth-order valence-corrected chi connectivity index (χ4v) is 3.66. The highest BCUT2D eigenvalue weighted by atomic mass is 16.6. The molecule has 1 aliphatic heterocycles. The number of nitrogens with zero attached hydrogens (tertiary/aromatic N) is 3. The van der Waals surface area contributed by atoms with E-state index in [1.165, 1.54) is 6.92 Å². The van der Waals surface area contributed by atoms with Crippen molar-refractivity contribution in [3.8, 4) is 0 Å². The number of hydrogen-bond donors (Lipinski definition) is 2. The van der Waals surface area contributed by atoms with Crippen molar-refractivity contribution in [2.45, 2.75) is 19.8 Å². The number of piperidine rings is 1. The summed E-state index contributed by atoms with van der Waals surface area (Å²) in [4.78, 5) is 47.2. The van der Waals surface area contributed by atoms with Gasteiger partial charge in [-0.15, -0.1) is 0 Å². The Hall–Kier alpha value is -4.02. The molecule has 2 aromatic rings. The molecule has 2 amide bonds. The zero-order valence-corrected chi connectivity index (χ0v) is 16.7. The normalized spacial score (nSPS) is 14.2. The molecular formula is C20H21N5O6. The van der Waals surface area contributed by atoms with Crippen LogP contribution in [0.15, 0.2) is 36.4 Å². The molecule has 0 spiro atoms. The number of primary amides is 1. The molecule has 3 rings (SSSR count). The molecule has 1 fully saturated rings. The van der Waals surface area contributed by atoms with Gasteiger partial charge in [0.25, 0.3) is 17.3 Å². The molecule has 0 aliphatic carbocycles. The van der Waals surface area contributed by atoms with Gasteiger partial charge >= 0.3 is 0 Å². The summed E-state index contributed by atoms with van der Waals surface area (Å²) in [6.07, 6.45) is 1.18. The summed E-state index contributed by atoms with van der Waals surface area (Å²) in [7, 11) is 0. The van der Waals surface area contributed by atoms with Crippen LogP contribution in [0.3, 0.4) is 0 Å². The molecule has 2 aromatic carbocycles. The van der Waals surface area contributed by atoms with Crippen LogP contribution < -0.4 is 16.0 Å². The van der Waals surface area contributed by atoms with Crippen molar-refractivity contribution >= 4 is 34.6 Å². The first-order valence-electron chi connectivity index (χ1n) is 9.57. The summed E-state index contributed by atoms with van der Waals surface area (Å²) in [5, 5.41) is 25.2. The van der Waals surface area contributed by atoms with Gasteiger partial charge in [0, 0.05) is 30.6 Å². The average molecular weight is 427 g/mol. The highest BCUT2D eigenvalue weighted by Gasteiger charge is 2.27. The number of nitro groups is 2. The van der Waals surface area contributed by atoms with Gasteiger partial charge in [-0.25, -0.2) is 0 Å². The minimum atomic E-state index is -0.778. The zero-order valence-electron chi connectivity index (χ0n) is 16.7. The third-order valence-corrected chi connectivity index (χ3v) is 5.41. The fourth-order valence-electron chi connectivity index (χ4n) is 3.66. The Morgan fingerprint density at radius 3 is 2.32 bits per heavy atom. The van der Waals surface area contributed by atoms with Crippen LogP contribution in [0.5, 0.6) is 0 Å². The predicted molar refractivity (Wildman–Crippen MR) is 113 cm³/mol. The highest BCUT2D eigenvalue weighted by molar-refractivity contribution is 6.07. The van der Waals surface area contributed by atoms with Crippen molar-refractivity contribution in [2.24, 2.45) is 11.7 Å². The number of rotatable bonds is 6. The van der Waals surface area contributed by atoms with Crippen molar-refractivity contribution in [2.75, 3.05) is 23.3 Å². The van der Waals surface area contributed by atoms with Crippen LogP contribution in [0.4, 0.5) is 22.7 Å². The average Bonchev–Trinajstić information content (AvgIpc) is 2.73. The molecule has 0 bridgehead atoms. The number of carbonyl (C=O) groups is 2. The second-order valence-electron chi connectivity index (χ2n) is 7.29. The molecule has 31 heavy (non-hydrogen) atoms. The van der Waals surface area contributed by atoms with Crippen LogP contribution in [0, 0.1) is 33.1 Å². The number of nitro benzene ring substituents is 2. The molecular weight excluding hydrogens is 406 g/mol. The van der Waals surface area contributed by atoms with E-state index in [1.54, 1.807) is 18.2 Å². The number of anilines is 2. The number of amides is 2. The molecule has 0 saturated carbocycles. The van der Waals surface area contributed by atoms with Gasteiger partial charge in [0.2, 0.25) is 5.91 Å². The van der Waals surface area contributed by atoms with Crippen LogP contribution in [0.2, 0.25) is 0 Å². The Morgan fingerprint density at radius 2 is 1.74 bits per heavy atom. The number of para-hydroxylation sites is 2. The minimum Gasteiger partial charge on any atom is -0.370 e. The fraction of sp³-hybridized carbons (Fsp3) is 0.300. The first kappa shape index (κ1) is 21.7. The van der Waals surface area contributed by atoms with E-state index in [4.69, 9.17) is 5.73 Å². The Labute approximate surface area is 177 Å². The largest absolute Gasteiger partial charge is 0.370 e. The molecule has 0 atom stereocenters. The molecule has 0 aromatic heterocycles. The molecule has 11 heteroatoms. The van der Waals surface area contributed by atoms with Crippen LogP contribution in [-0.4, -0.2) is 34.8 Å². The molecule has 3 N–H and O–H groups in total. The van der Waals surface area contributed by atoms with E-state index >= 15 is 0 Å². The second-order valence-corrected chi connectivity index (χ2v) is 7.29. The van der Waals surface area contributed by atoms with Crippen molar-refractivity contribution in [1.82, 2.24) is 0 Å². The summed E-state index contributed by atoms with van der Waals surface area (Å²) < 4.78 is 0. The number of hydrogen-bond acceptors (Lipinski definition) is 7. The predicted octanol–water partition coefficient (Wildman–Crippen LogP) is 2.77. The Kier molecular flexibility index (Phi) is 6.14. The van der Waals surface area contributed by atoms with E-state index in [9.17, 15) is 29.8 Å². The first-order chi connectivity index (χ1) is 14.7. The highest BCUT2D eigenvalue weighted by Crippen LogP contribution is 2.32. The van der Waals surface area contributed by atoms with Gasteiger partial charge in [-0.05, 0) is 31.9 Å². The number of non-ortho nitro benzene ring substituents is 1. The smallest absolute Gasteiger partial charge is 0.279 e. The summed E-state index contributed by atoms with van der Waals surface area (Å²) in [5.41, 5.74) is 5.41. The van der Waals surface area contributed by atoms with Crippen molar-refractivity contribution in [1.29, 1.82) is 0 Å². The number of benzene rings is 2. The number of carbonyl (C=O) groups excluding carboxylic acids is 2. The van der Waals surface area contributed by atoms with E-state index in [0.717, 1.165) is 17.8 Å². The van der Waals surface area contributed by atoms with Gasteiger partial charge < -0.3 is 16.0 Å². The Morgan fingerprint density at radius 1 is 1.10 bits per heavy atom. The van der Waals surface area contributed by atoms with E-state index in [2.05, 4.69) is 5.32 Å². The van der Waals surface area contributed by atoms with Crippen molar-refractivity contribution in [3.63, 3.8) is 0 Å².